The Bertz CT molecular complexity index is 517. The minimum absolute atomic E-state index is 0.199. The third kappa shape index (κ3) is 3.15. The first-order valence-electron chi connectivity index (χ1n) is 6.19. The van der Waals surface area contributed by atoms with Gasteiger partial charge in [-0.3, -0.25) is 9.59 Å². The smallest absolute Gasteiger partial charge is 0.227 e. The maximum atomic E-state index is 12.3. The molecule has 0 saturated carbocycles. The summed E-state index contributed by atoms with van der Waals surface area (Å²) in [6, 6.07) is 6.60. The van der Waals surface area contributed by atoms with E-state index in [9.17, 15) is 9.59 Å². The highest BCUT2D eigenvalue weighted by atomic mass is 16.5. The van der Waals surface area contributed by atoms with Crippen molar-refractivity contribution in [2.75, 3.05) is 14.2 Å². The Kier molecular flexibility index (Phi) is 5.72. The first-order chi connectivity index (χ1) is 9.60. The van der Waals surface area contributed by atoms with E-state index in [0.717, 1.165) is 0 Å². The van der Waals surface area contributed by atoms with Crippen LogP contribution in [0.15, 0.2) is 47.9 Å². The van der Waals surface area contributed by atoms with E-state index in [1.807, 2.05) is 0 Å². The maximum Gasteiger partial charge on any atom is 0.227 e. The molecule has 0 aromatic heterocycles. The molecule has 0 aliphatic rings. The predicted octanol–water partition coefficient (Wildman–Crippen LogP) is 3.15. The van der Waals surface area contributed by atoms with E-state index < -0.39 is 0 Å². The summed E-state index contributed by atoms with van der Waals surface area (Å²) in [5, 5.41) is 0. The van der Waals surface area contributed by atoms with Crippen molar-refractivity contribution < 1.29 is 19.1 Å². The Hall–Kier alpha value is -2.36. The van der Waals surface area contributed by atoms with Crippen LogP contribution in [0.25, 0.3) is 0 Å². The molecule has 0 aliphatic heterocycles. The molecular formula is C16H18O4. The Morgan fingerprint density at radius 3 is 1.45 bits per heavy atom. The Balaban J connectivity index is 3.32. The normalized spacial score (nSPS) is 12.0. The fraction of sp³-hybridized carbons (Fsp3) is 0.250. The molecule has 0 N–H and O–H groups in total. The summed E-state index contributed by atoms with van der Waals surface area (Å²) in [7, 11) is 2.84. The van der Waals surface area contributed by atoms with Gasteiger partial charge in [0.05, 0.1) is 14.2 Å². The lowest BCUT2D eigenvalue weighted by atomic mass is 9.98. The van der Waals surface area contributed by atoms with Crippen molar-refractivity contribution in [2.24, 2.45) is 0 Å². The van der Waals surface area contributed by atoms with Crippen LogP contribution in [0, 0.1) is 0 Å². The average molecular weight is 274 g/mol. The monoisotopic (exact) mass is 274 g/mol. The first-order valence-corrected chi connectivity index (χ1v) is 6.19. The SMILES string of the molecule is CC=C(OC)C(=O)c1ccccc1C(=O)C(=CC)OC. The molecule has 0 unspecified atom stereocenters. The van der Waals surface area contributed by atoms with Crippen molar-refractivity contribution in [3.8, 4) is 0 Å². The molecule has 1 rings (SSSR count). The van der Waals surface area contributed by atoms with Gasteiger partial charge in [0.25, 0.3) is 0 Å². The van der Waals surface area contributed by atoms with E-state index in [2.05, 4.69) is 0 Å². The van der Waals surface area contributed by atoms with Gasteiger partial charge in [-0.15, -0.1) is 0 Å². The van der Waals surface area contributed by atoms with Crippen molar-refractivity contribution in [1.29, 1.82) is 0 Å². The van der Waals surface area contributed by atoms with Crippen molar-refractivity contribution in [3.63, 3.8) is 0 Å². The number of ether oxygens (including phenoxy) is 2. The van der Waals surface area contributed by atoms with Crippen molar-refractivity contribution in [1.82, 2.24) is 0 Å². The molecule has 0 bridgehead atoms. The van der Waals surface area contributed by atoms with Crippen LogP contribution in [0.1, 0.15) is 34.6 Å². The Morgan fingerprint density at radius 1 is 0.850 bits per heavy atom. The molecule has 4 heteroatoms. The fourth-order valence-electron chi connectivity index (χ4n) is 1.83. The van der Waals surface area contributed by atoms with Gasteiger partial charge in [0.1, 0.15) is 0 Å². The molecule has 0 atom stereocenters. The molecule has 4 nitrogen and oxygen atoms in total. The largest absolute Gasteiger partial charge is 0.493 e. The van der Waals surface area contributed by atoms with Gasteiger partial charge in [0.15, 0.2) is 11.5 Å². The number of hydrogen-bond donors (Lipinski definition) is 0. The van der Waals surface area contributed by atoms with Gasteiger partial charge in [-0.25, -0.2) is 0 Å². The van der Waals surface area contributed by atoms with Crippen molar-refractivity contribution in [3.05, 3.63) is 59.1 Å². The number of carbonyl (C=O) groups excluding carboxylic acids is 2. The van der Waals surface area contributed by atoms with E-state index >= 15 is 0 Å². The van der Waals surface area contributed by atoms with E-state index in [1.165, 1.54) is 14.2 Å². The highest BCUT2D eigenvalue weighted by Crippen LogP contribution is 2.18. The van der Waals surface area contributed by atoms with Crippen LogP contribution < -0.4 is 0 Å². The van der Waals surface area contributed by atoms with E-state index in [1.54, 1.807) is 50.3 Å². The lowest BCUT2D eigenvalue weighted by Crippen LogP contribution is -2.14. The molecule has 0 amide bonds. The number of benzene rings is 1. The molecule has 106 valence electrons. The molecule has 0 fully saturated rings. The zero-order chi connectivity index (χ0) is 15.1. The van der Waals surface area contributed by atoms with Crippen molar-refractivity contribution in [2.45, 2.75) is 13.8 Å². The van der Waals surface area contributed by atoms with E-state index in [0.29, 0.717) is 11.1 Å². The molecule has 0 heterocycles. The lowest BCUT2D eigenvalue weighted by molar-refractivity contribution is 0.0921. The number of ketones is 2. The van der Waals surface area contributed by atoms with Crippen LogP contribution >= 0.6 is 0 Å². The van der Waals surface area contributed by atoms with Gasteiger partial charge >= 0.3 is 0 Å². The van der Waals surface area contributed by atoms with Crippen LogP contribution in [0.2, 0.25) is 0 Å². The second-order valence-corrected chi connectivity index (χ2v) is 3.92. The van der Waals surface area contributed by atoms with Crippen LogP contribution in [-0.4, -0.2) is 25.8 Å². The summed E-state index contributed by atoms with van der Waals surface area (Å²) >= 11 is 0. The molecule has 0 spiro atoms. The minimum atomic E-state index is -0.328. The summed E-state index contributed by atoms with van der Waals surface area (Å²) in [5.74, 6) is -0.259. The molecular weight excluding hydrogens is 256 g/mol. The molecule has 1 aromatic carbocycles. The standard InChI is InChI=1S/C16H18O4/c1-5-13(19-3)15(17)11-9-7-8-10-12(11)16(18)14(6-2)20-4/h5-10H,1-4H3. The lowest BCUT2D eigenvalue weighted by Gasteiger charge is -2.10. The summed E-state index contributed by atoms with van der Waals surface area (Å²) in [4.78, 5) is 24.7. The number of hydrogen-bond acceptors (Lipinski definition) is 4. The topological polar surface area (TPSA) is 52.6 Å². The van der Waals surface area contributed by atoms with Gasteiger partial charge in [-0.2, -0.15) is 0 Å². The number of allylic oxidation sites excluding steroid dienone is 4. The number of carbonyl (C=O) groups is 2. The molecule has 0 radical (unpaired) electrons. The van der Waals surface area contributed by atoms with Gasteiger partial charge < -0.3 is 9.47 Å². The summed E-state index contributed by atoms with van der Waals surface area (Å²) < 4.78 is 10.0. The number of rotatable bonds is 6. The average Bonchev–Trinajstić information content (AvgIpc) is 2.49. The van der Waals surface area contributed by atoms with E-state index in [4.69, 9.17) is 9.47 Å². The van der Waals surface area contributed by atoms with Gasteiger partial charge in [-0.05, 0) is 26.0 Å². The summed E-state index contributed by atoms with van der Waals surface area (Å²) in [6.45, 7) is 3.40. The minimum Gasteiger partial charge on any atom is -0.493 e. The number of methoxy groups -OCH3 is 2. The maximum absolute atomic E-state index is 12.3. The van der Waals surface area contributed by atoms with Crippen LogP contribution in [-0.2, 0) is 9.47 Å². The van der Waals surface area contributed by atoms with Crippen molar-refractivity contribution >= 4 is 11.6 Å². The van der Waals surface area contributed by atoms with Gasteiger partial charge in [0, 0.05) is 11.1 Å². The Morgan fingerprint density at radius 2 is 1.20 bits per heavy atom. The summed E-state index contributed by atoms with van der Waals surface area (Å²) in [6.07, 6.45) is 3.13. The molecule has 20 heavy (non-hydrogen) atoms. The third-order valence-electron chi connectivity index (χ3n) is 2.83. The van der Waals surface area contributed by atoms with Gasteiger partial charge in [-0.1, -0.05) is 24.3 Å². The molecule has 0 saturated heterocycles. The first kappa shape index (κ1) is 15.7. The highest BCUT2D eigenvalue weighted by molar-refractivity contribution is 6.18. The van der Waals surface area contributed by atoms with Crippen LogP contribution in [0.5, 0.6) is 0 Å². The number of Topliss-reactive ketones (excluding diaryl/α,β-unsaturated/α-hetero) is 2. The zero-order valence-corrected chi connectivity index (χ0v) is 12.1. The zero-order valence-electron chi connectivity index (χ0n) is 12.1. The van der Waals surface area contributed by atoms with Crippen LogP contribution in [0.3, 0.4) is 0 Å². The van der Waals surface area contributed by atoms with E-state index in [-0.39, 0.29) is 23.1 Å². The molecule has 1 aromatic rings. The Labute approximate surface area is 118 Å². The van der Waals surface area contributed by atoms with Crippen LogP contribution in [0.4, 0.5) is 0 Å². The summed E-state index contributed by atoms with van der Waals surface area (Å²) in [5.41, 5.74) is 0.590. The second-order valence-electron chi connectivity index (χ2n) is 3.92. The van der Waals surface area contributed by atoms with Gasteiger partial charge in [0.2, 0.25) is 11.6 Å². The second kappa shape index (κ2) is 7.28. The fourth-order valence-corrected chi connectivity index (χ4v) is 1.83. The molecule has 0 aliphatic carbocycles. The highest BCUT2D eigenvalue weighted by Gasteiger charge is 2.22. The third-order valence-corrected chi connectivity index (χ3v) is 2.83. The quantitative estimate of drug-likeness (QED) is 0.454. The predicted molar refractivity (Wildman–Crippen MR) is 76.6 cm³/mol.